The highest BCUT2D eigenvalue weighted by atomic mass is 32.2. The summed E-state index contributed by atoms with van der Waals surface area (Å²) >= 11 is 1.34. The van der Waals surface area contributed by atoms with E-state index in [4.69, 9.17) is 0 Å². The van der Waals surface area contributed by atoms with Gasteiger partial charge in [0.05, 0.1) is 9.77 Å². The van der Waals surface area contributed by atoms with Crippen molar-refractivity contribution in [1.82, 2.24) is 9.62 Å². The van der Waals surface area contributed by atoms with Gasteiger partial charge in [0.15, 0.2) is 0 Å². The average molecular weight is 444 g/mol. The lowest BCUT2D eigenvalue weighted by Gasteiger charge is -2.12. The van der Waals surface area contributed by atoms with E-state index in [9.17, 15) is 18.0 Å². The summed E-state index contributed by atoms with van der Waals surface area (Å²) in [7, 11) is -0.541. The van der Waals surface area contributed by atoms with Crippen LogP contribution in [0, 0.1) is 0 Å². The zero-order valence-corrected chi connectivity index (χ0v) is 18.1. The highest BCUT2D eigenvalue weighted by molar-refractivity contribution is 7.89. The molecule has 0 aliphatic carbocycles. The predicted molar refractivity (Wildman–Crippen MR) is 117 cm³/mol. The van der Waals surface area contributed by atoms with Gasteiger partial charge in [-0.1, -0.05) is 24.3 Å². The summed E-state index contributed by atoms with van der Waals surface area (Å²) in [5, 5.41) is 7.39. The van der Waals surface area contributed by atoms with Crippen LogP contribution in [0.1, 0.15) is 25.6 Å². The topological polar surface area (TPSA) is 95.6 Å². The van der Waals surface area contributed by atoms with E-state index >= 15 is 0 Å². The van der Waals surface area contributed by atoms with Crippen molar-refractivity contribution in [2.45, 2.75) is 11.4 Å². The number of hydrogen-bond acceptors (Lipinski definition) is 5. The first kappa shape index (κ1) is 21.7. The van der Waals surface area contributed by atoms with E-state index in [1.54, 1.807) is 48.5 Å². The first-order valence-electron chi connectivity index (χ1n) is 9.02. The van der Waals surface area contributed by atoms with E-state index in [-0.39, 0.29) is 23.3 Å². The van der Waals surface area contributed by atoms with Crippen LogP contribution in [0.4, 0.5) is 5.69 Å². The summed E-state index contributed by atoms with van der Waals surface area (Å²) in [6, 6.07) is 16.5. The third-order valence-electron chi connectivity index (χ3n) is 4.28. The zero-order chi connectivity index (χ0) is 21.7. The van der Waals surface area contributed by atoms with Crippen molar-refractivity contribution in [3.63, 3.8) is 0 Å². The molecule has 0 aliphatic heterocycles. The van der Waals surface area contributed by atoms with Crippen LogP contribution in [-0.2, 0) is 16.6 Å². The Kier molecular flexibility index (Phi) is 6.66. The van der Waals surface area contributed by atoms with Crippen LogP contribution in [0.15, 0.2) is 70.9 Å². The number of nitrogens with zero attached hydrogens (tertiary/aromatic N) is 1. The van der Waals surface area contributed by atoms with Crippen LogP contribution in [0.5, 0.6) is 0 Å². The van der Waals surface area contributed by atoms with Crippen LogP contribution in [-0.4, -0.2) is 38.6 Å². The van der Waals surface area contributed by atoms with Crippen molar-refractivity contribution in [3.8, 4) is 0 Å². The molecule has 30 heavy (non-hydrogen) atoms. The fraction of sp³-hybridized carbons (Fsp3) is 0.143. The van der Waals surface area contributed by atoms with Crippen molar-refractivity contribution in [2.24, 2.45) is 0 Å². The van der Waals surface area contributed by atoms with E-state index in [2.05, 4.69) is 10.6 Å². The molecule has 2 N–H and O–H groups in total. The summed E-state index contributed by atoms with van der Waals surface area (Å²) in [6.45, 7) is 0.243. The molecule has 0 bridgehead atoms. The number of amides is 2. The lowest BCUT2D eigenvalue weighted by atomic mass is 10.1. The molecule has 156 valence electrons. The maximum absolute atomic E-state index is 12.5. The van der Waals surface area contributed by atoms with Crippen molar-refractivity contribution >= 4 is 38.9 Å². The number of sulfonamides is 1. The standard InChI is InChI=1S/C21H21N3O4S2/c1-24(2)30(27,28)18-10-8-15(9-11-18)14-22-20(25)16-5-3-6-17(13-16)23-21(26)19-7-4-12-29-19/h3-13H,14H2,1-2H3,(H,22,25)(H,23,26). The van der Waals surface area contributed by atoms with E-state index in [1.807, 2.05) is 5.38 Å². The van der Waals surface area contributed by atoms with Gasteiger partial charge >= 0.3 is 0 Å². The maximum atomic E-state index is 12.5. The van der Waals surface area contributed by atoms with Gasteiger partial charge in [-0.3, -0.25) is 9.59 Å². The van der Waals surface area contributed by atoms with Crippen molar-refractivity contribution in [2.75, 3.05) is 19.4 Å². The Morgan fingerprint density at radius 1 is 0.967 bits per heavy atom. The smallest absolute Gasteiger partial charge is 0.265 e. The Hall–Kier alpha value is -3.01. The van der Waals surface area contributed by atoms with Gasteiger partial charge in [-0.15, -0.1) is 11.3 Å². The van der Waals surface area contributed by atoms with Gasteiger partial charge in [-0.25, -0.2) is 12.7 Å². The lowest BCUT2D eigenvalue weighted by Crippen LogP contribution is -2.23. The molecule has 1 heterocycles. The van der Waals surface area contributed by atoms with Gasteiger partial charge in [0, 0.05) is 31.9 Å². The normalized spacial score (nSPS) is 11.3. The summed E-state index contributed by atoms with van der Waals surface area (Å²) in [4.78, 5) is 25.4. The molecule has 3 aromatic rings. The number of rotatable bonds is 7. The first-order chi connectivity index (χ1) is 14.3. The summed E-state index contributed by atoms with van der Waals surface area (Å²) in [6.07, 6.45) is 0. The molecular formula is C21H21N3O4S2. The Bertz CT molecular complexity index is 1140. The molecule has 2 aromatic carbocycles. The molecular weight excluding hydrogens is 422 g/mol. The van der Waals surface area contributed by atoms with Crippen LogP contribution < -0.4 is 10.6 Å². The number of carbonyl (C=O) groups excluding carboxylic acids is 2. The third kappa shape index (κ3) is 5.12. The fourth-order valence-electron chi connectivity index (χ4n) is 2.61. The highest BCUT2D eigenvalue weighted by Gasteiger charge is 2.16. The van der Waals surface area contributed by atoms with Crippen LogP contribution in [0.25, 0.3) is 0 Å². The van der Waals surface area contributed by atoms with Gasteiger partial charge < -0.3 is 10.6 Å². The molecule has 0 radical (unpaired) electrons. The zero-order valence-electron chi connectivity index (χ0n) is 16.5. The second-order valence-corrected chi connectivity index (χ2v) is 9.73. The lowest BCUT2D eigenvalue weighted by molar-refractivity contribution is 0.0949. The van der Waals surface area contributed by atoms with Crippen LogP contribution in [0.3, 0.4) is 0 Å². The minimum atomic E-state index is -3.49. The van der Waals surface area contributed by atoms with Gasteiger partial charge in [0.2, 0.25) is 10.0 Å². The molecule has 3 rings (SSSR count). The minimum Gasteiger partial charge on any atom is -0.348 e. The van der Waals surface area contributed by atoms with Gasteiger partial charge in [-0.05, 0) is 47.3 Å². The second kappa shape index (κ2) is 9.21. The summed E-state index contributed by atoms with van der Waals surface area (Å²) < 4.78 is 25.4. The molecule has 0 aliphatic rings. The molecule has 2 amide bonds. The predicted octanol–water partition coefficient (Wildman–Crippen LogP) is 3.18. The third-order valence-corrected chi connectivity index (χ3v) is 6.98. The SMILES string of the molecule is CN(C)S(=O)(=O)c1ccc(CNC(=O)c2cccc(NC(=O)c3cccs3)c2)cc1. The molecule has 0 fully saturated rings. The van der Waals surface area contributed by atoms with E-state index in [0.29, 0.717) is 16.1 Å². The Labute approximate surface area is 179 Å². The summed E-state index contributed by atoms with van der Waals surface area (Å²) in [5.74, 6) is -0.525. The number of nitrogens with one attached hydrogen (secondary N) is 2. The number of anilines is 1. The molecule has 0 spiro atoms. The van der Waals surface area contributed by atoms with E-state index < -0.39 is 10.0 Å². The second-order valence-electron chi connectivity index (χ2n) is 6.63. The van der Waals surface area contributed by atoms with Crippen molar-refractivity contribution in [3.05, 3.63) is 82.0 Å². The summed E-state index contributed by atoms with van der Waals surface area (Å²) in [5.41, 5.74) is 1.70. The van der Waals surface area contributed by atoms with E-state index in [0.717, 1.165) is 9.87 Å². The number of thiophene rings is 1. The first-order valence-corrected chi connectivity index (χ1v) is 11.3. The van der Waals surface area contributed by atoms with Crippen LogP contribution in [0.2, 0.25) is 0 Å². The van der Waals surface area contributed by atoms with Crippen molar-refractivity contribution < 1.29 is 18.0 Å². The Morgan fingerprint density at radius 2 is 1.70 bits per heavy atom. The molecule has 7 nitrogen and oxygen atoms in total. The number of hydrogen-bond donors (Lipinski definition) is 2. The number of carbonyl (C=O) groups is 2. The van der Waals surface area contributed by atoms with Gasteiger partial charge in [-0.2, -0.15) is 0 Å². The quantitative estimate of drug-likeness (QED) is 0.586. The maximum Gasteiger partial charge on any atom is 0.265 e. The fourth-order valence-corrected chi connectivity index (χ4v) is 4.13. The minimum absolute atomic E-state index is 0.191. The van der Waals surface area contributed by atoms with Crippen LogP contribution >= 0.6 is 11.3 Å². The largest absolute Gasteiger partial charge is 0.348 e. The molecule has 0 unspecified atom stereocenters. The Morgan fingerprint density at radius 3 is 2.33 bits per heavy atom. The molecule has 1 aromatic heterocycles. The molecule has 0 saturated heterocycles. The van der Waals surface area contributed by atoms with Crippen molar-refractivity contribution in [1.29, 1.82) is 0 Å². The highest BCUT2D eigenvalue weighted by Crippen LogP contribution is 2.16. The average Bonchev–Trinajstić information content (AvgIpc) is 3.27. The van der Waals surface area contributed by atoms with Gasteiger partial charge in [0.25, 0.3) is 11.8 Å². The molecule has 0 atom stereocenters. The van der Waals surface area contributed by atoms with E-state index in [1.165, 1.54) is 37.6 Å². The monoisotopic (exact) mass is 443 g/mol. The molecule has 9 heteroatoms. The van der Waals surface area contributed by atoms with Gasteiger partial charge in [0.1, 0.15) is 0 Å². The Balaban J connectivity index is 1.62. The molecule has 0 saturated carbocycles. The number of benzene rings is 2.